The Hall–Kier alpha value is -5.06. The third-order valence-corrected chi connectivity index (χ3v) is 7.75. The molecule has 1 aliphatic rings. The first-order valence-electron chi connectivity index (χ1n) is 14.3. The Morgan fingerprint density at radius 3 is 2.35 bits per heavy atom. The summed E-state index contributed by atoms with van der Waals surface area (Å²) in [5, 5.41) is 11.1. The van der Waals surface area contributed by atoms with Gasteiger partial charge in [-0.2, -0.15) is 0 Å². The number of amides is 2. The number of anilines is 3. The van der Waals surface area contributed by atoms with Gasteiger partial charge in [0.2, 0.25) is 0 Å². The predicted octanol–water partition coefficient (Wildman–Crippen LogP) is 4.05. The lowest BCUT2D eigenvalue weighted by Gasteiger charge is -2.32. The van der Waals surface area contributed by atoms with E-state index in [1.165, 1.54) is 0 Å². The lowest BCUT2D eigenvalue weighted by atomic mass is 10.0. The largest absolute Gasteiger partial charge is 0.355 e. The summed E-state index contributed by atoms with van der Waals surface area (Å²) >= 11 is 0. The van der Waals surface area contributed by atoms with E-state index in [1.807, 2.05) is 48.5 Å². The summed E-state index contributed by atoms with van der Waals surface area (Å²) in [6, 6.07) is 23.3. The van der Waals surface area contributed by atoms with E-state index in [0.717, 1.165) is 44.1 Å². The summed E-state index contributed by atoms with van der Waals surface area (Å²) in [4.78, 5) is 50.4. The molecule has 1 saturated heterocycles. The molecule has 2 amide bonds. The zero-order valence-corrected chi connectivity index (χ0v) is 23.9. The standard InChI is InChI=1S/C33H33N7O3/c1-39-17-19-40(20-18-39)16-15-35-31(41)23-7-12-26-27(21-23)29-28(13-14-34-30(29)38-33(26)43)36-24-8-10-25(11-9-24)37-32(42)22-5-3-2-4-6-22/h2-14,21H,15-20H2,1H3,(H,35,41)(H,37,42)(H2,34,36,38,43). The second-order valence-electron chi connectivity index (χ2n) is 10.7. The van der Waals surface area contributed by atoms with Gasteiger partial charge in [0.1, 0.15) is 5.65 Å². The van der Waals surface area contributed by atoms with Crippen LogP contribution in [0.3, 0.4) is 0 Å². The number of piperazine rings is 1. The van der Waals surface area contributed by atoms with E-state index in [0.29, 0.717) is 45.2 Å². The highest BCUT2D eigenvalue weighted by molar-refractivity contribution is 6.13. The topological polar surface area (TPSA) is 122 Å². The molecule has 3 heterocycles. The molecule has 1 fully saturated rings. The van der Waals surface area contributed by atoms with Crippen LogP contribution in [0.25, 0.3) is 21.8 Å². The third kappa shape index (κ3) is 6.40. The monoisotopic (exact) mass is 575 g/mol. The molecule has 0 radical (unpaired) electrons. The van der Waals surface area contributed by atoms with Gasteiger partial charge in [0.15, 0.2) is 0 Å². The molecule has 10 heteroatoms. The number of pyridine rings is 2. The molecule has 6 rings (SSSR count). The highest BCUT2D eigenvalue weighted by Crippen LogP contribution is 2.30. The molecule has 218 valence electrons. The summed E-state index contributed by atoms with van der Waals surface area (Å²) < 4.78 is 0. The van der Waals surface area contributed by atoms with Crippen molar-refractivity contribution in [3.8, 4) is 0 Å². The zero-order chi connectivity index (χ0) is 29.8. The molecule has 3 aromatic carbocycles. The van der Waals surface area contributed by atoms with Crippen LogP contribution in [0.5, 0.6) is 0 Å². The Labute approximate surface area is 248 Å². The molecule has 0 atom stereocenters. The molecule has 10 nitrogen and oxygen atoms in total. The van der Waals surface area contributed by atoms with Gasteiger partial charge in [0.25, 0.3) is 17.4 Å². The number of nitrogens with zero attached hydrogens (tertiary/aromatic N) is 3. The van der Waals surface area contributed by atoms with Crippen LogP contribution in [0.1, 0.15) is 20.7 Å². The summed E-state index contributed by atoms with van der Waals surface area (Å²) in [5.74, 6) is -0.368. The first-order valence-corrected chi connectivity index (χ1v) is 14.3. The van der Waals surface area contributed by atoms with Gasteiger partial charge in [-0.25, -0.2) is 4.98 Å². The number of hydrogen-bond acceptors (Lipinski definition) is 7. The van der Waals surface area contributed by atoms with E-state index in [4.69, 9.17) is 0 Å². The number of aromatic nitrogens is 2. The molecule has 5 aromatic rings. The summed E-state index contributed by atoms with van der Waals surface area (Å²) in [6.45, 7) is 5.38. The summed E-state index contributed by atoms with van der Waals surface area (Å²) in [6.07, 6.45) is 1.62. The Morgan fingerprint density at radius 2 is 1.58 bits per heavy atom. The predicted molar refractivity (Wildman–Crippen MR) is 170 cm³/mol. The maximum absolute atomic E-state index is 13.1. The van der Waals surface area contributed by atoms with E-state index in [1.54, 1.807) is 36.5 Å². The molecular weight excluding hydrogens is 542 g/mol. The van der Waals surface area contributed by atoms with Gasteiger partial charge >= 0.3 is 0 Å². The number of carbonyl (C=O) groups is 2. The van der Waals surface area contributed by atoms with Crippen LogP contribution in [-0.2, 0) is 0 Å². The average molecular weight is 576 g/mol. The molecule has 0 bridgehead atoms. The number of H-pyrrole nitrogens is 1. The van der Waals surface area contributed by atoms with E-state index in [2.05, 4.69) is 42.8 Å². The van der Waals surface area contributed by atoms with Crippen molar-refractivity contribution in [3.05, 3.63) is 107 Å². The van der Waals surface area contributed by atoms with Crippen LogP contribution in [0, 0.1) is 0 Å². The number of carbonyl (C=O) groups excluding carboxylic acids is 2. The molecule has 1 aliphatic heterocycles. The quantitative estimate of drug-likeness (QED) is 0.206. The van der Waals surface area contributed by atoms with Crippen molar-refractivity contribution in [3.63, 3.8) is 0 Å². The number of benzene rings is 3. The Bertz CT molecular complexity index is 1830. The fourth-order valence-electron chi connectivity index (χ4n) is 5.28. The van der Waals surface area contributed by atoms with E-state index in [9.17, 15) is 14.4 Å². The minimum Gasteiger partial charge on any atom is -0.355 e. The molecule has 2 aromatic heterocycles. The number of aromatic amines is 1. The van der Waals surface area contributed by atoms with Crippen molar-refractivity contribution < 1.29 is 9.59 Å². The first-order chi connectivity index (χ1) is 20.9. The lowest BCUT2D eigenvalue weighted by molar-refractivity contribution is 0.0940. The van der Waals surface area contributed by atoms with Gasteiger partial charge in [-0.05, 0) is 67.7 Å². The number of fused-ring (bicyclic) bond motifs is 3. The Balaban J connectivity index is 1.22. The van der Waals surface area contributed by atoms with Crippen LogP contribution in [0.2, 0.25) is 0 Å². The highest BCUT2D eigenvalue weighted by atomic mass is 16.2. The minimum atomic E-state index is -0.271. The van der Waals surface area contributed by atoms with E-state index < -0.39 is 0 Å². The Kier molecular flexibility index (Phi) is 8.12. The minimum absolute atomic E-state index is 0.184. The average Bonchev–Trinajstić information content (AvgIpc) is 3.03. The zero-order valence-electron chi connectivity index (χ0n) is 23.9. The van der Waals surface area contributed by atoms with Gasteiger partial charge < -0.3 is 25.8 Å². The van der Waals surface area contributed by atoms with Crippen molar-refractivity contribution >= 4 is 50.7 Å². The van der Waals surface area contributed by atoms with Gasteiger partial charge in [-0.3, -0.25) is 19.3 Å². The number of likely N-dealkylation sites (N-methyl/N-ethyl adjacent to an activating group) is 1. The van der Waals surface area contributed by atoms with Crippen LogP contribution in [0.4, 0.5) is 17.1 Å². The van der Waals surface area contributed by atoms with Crippen LogP contribution >= 0.6 is 0 Å². The summed E-state index contributed by atoms with van der Waals surface area (Å²) in [7, 11) is 2.12. The fraction of sp³-hybridized carbons (Fsp3) is 0.212. The Morgan fingerprint density at radius 1 is 0.837 bits per heavy atom. The number of hydrogen-bond donors (Lipinski definition) is 4. The third-order valence-electron chi connectivity index (χ3n) is 7.75. The van der Waals surface area contributed by atoms with Gasteiger partial charge in [-0.15, -0.1) is 0 Å². The highest BCUT2D eigenvalue weighted by Gasteiger charge is 2.16. The van der Waals surface area contributed by atoms with Gasteiger partial charge in [0.05, 0.1) is 5.69 Å². The van der Waals surface area contributed by atoms with Crippen LogP contribution < -0.4 is 21.5 Å². The lowest BCUT2D eigenvalue weighted by Crippen LogP contribution is -2.46. The SMILES string of the molecule is CN1CCN(CCNC(=O)c2ccc3c(=O)[nH]c4nccc(Nc5ccc(NC(=O)c6ccccc6)cc5)c4c3c2)CC1. The molecule has 0 unspecified atom stereocenters. The van der Waals surface area contributed by atoms with Crippen molar-refractivity contribution in [1.82, 2.24) is 25.1 Å². The van der Waals surface area contributed by atoms with Crippen LogP contribution in [-0.4, -0.2) is 77.9 Å². The van der Waals surface area contributed by atoms with E-state index in [-0.39, 0.29) is 17.4 Å². The van der Waals surface area contributed by atoms with Crippen molar-refractivity contribution in [1.29, 1.82) is 0 Å². The summed E-state index contributed by atoms with van der Waals surface area (Å²) in [5.41, 5.74) is 3.37. The maximum Gasteiger partial charge on any atom is 0.257 e. The second kappa shape index (κ2) is 12.4. The first kappa shape index (κ1) is 28.1. The van der Waals surface area contributed by atoms with Gasteiger partial charge in [-0.1, -0.05) is 18.2 Å². The smallest absolute Gasteiger partial charge is 0.257 e. The van der Waals surface area contributed by atoms with Gasteiger partial charge in [0, 0.05) is 84.1 Å². The normalized spacial score (nSPS) is 14.1. The maximum atomic E-state index is 13.1. The van der Waals surface area contributed by atoms with Crippen molar-refractivity contribution in [2.45, 2.75) is 0 Å². The molecule has 4 N–H and O–H groups in total. The number of rotatable bonds is 8. The number of nitrogens with one attached hydrogen (secondary N) is 4. The van der Waals surface area contributed by atoms with Crippen LogP contribution in [0.15, 0.2) is 89.9 Å². The molecule has 0 spiro atoms. The van der Waals surface area contributed by atoms with E-state index >= 15 is 0 Å². The molecule has 43 heavy (non-hydrogen) atoms. The van der Waals surface area contributed by atoms with Crippen molar-refractivity contribution in [2.75, 3.05) is 56.9 Å². The molecule has 0 saturated carbocycles. The fourth-order valence-corrected chi connectivity index (χ4v) is 5.28. The molecular formula is C33H33N7O3. The molecule has 0 aliphatic carbocycles. The van der Waals surface area contributed by atoms with Crippen molar-refractivity contribution in [2.24, 2.45) is 0 Å². The second-order valence-corrected chi connectivity index (χ2v) is 10.7.